The van der Waals surface area contributed by atoms with Crippen LogP contribution >= 0.6 is 0 Å². The number of unbranched alkanes of at least 4 members (excludes halogenated alkanes) is 1. The Hall–Kier alpha value is -0.150. The number of esters is 1. The van der Waals surface area contributed by atoms with Crippen molar-refractivity contribution in [3.63, 3.8) is 0 Å². The Morgan fingerprint density at radius 2 is 1.86 bits per heavy atom. The predicted octanol–water partition coefficient (Wildman–Crippen LogP) is -1.86. The average molecular weight is 332 g/mol. The summed E-state index contributed by atoms with van der Waals surface area (Å²) >= 11 is 0. The summed E-state index contributed by atoms with van der Waals surface area (Å²) in [6, 6.07) is 0. The first kappa shape index (κ1) is 23.1. The van der Waals surface area contributed by atoms with Crippen molar-refractivity contribution in [1.29, 1.82) is 0 Å². The topological polar surface area (TPSA) is 121 Å². The van der Waals surface area contributed by atoms with Crippen molar-refractivity contribution in [2.45, 2.75) is 51.2 Å². The number of carboxylic acids is 1. The summed E-state index contributed by atoms with van der Waals surface area (Å²) in [7, 11) is -5.07. The molecule has 0 amide bonds. The number of hydrogen-bond acceptors (Lipinski definition) is 6. The van der Waals surface area contributed by atoms with E-state index in [0.29, 0.717) is 0 Å². The van der Waals surface area contributed by atoms with E-state index in [1.54, 1.807) is 0 Å². The van der Waals surface area contributed by atoms with E-state index in [4.69, 9.17) is 9.84 Å². The van der Waals surface area contributed by atoms with Gasteiger partial charge in [0, 0.05) is 0 Å². The maximum Gasteiger partial charge on any atom is 1.00 e. The SMILES string of the molecule is CCCC[C@@H](CC)COC(=O)CC(C(=O)O)S(=O)(=O)[O-].[Na+]. The summed E-state index contributed by atoms with van der Waals surface area (Å²) in [5.41, 5.74) is 0. The van der Waals surface area contributed by atoms with Gasteiger partial charge in [-0.2, -0.15) is 0 Å². The third-order valence-electron chi connectivity index (χ3n) is 3.00. The Kier molecular flexibility index (Phi) is 12.6. The van der Waals surface area contributed by atoms with E-state index in [1.807, 2.05) is 13.8 Å². The van der Waals surface area contributed by atoms with Crippen molar-refractivity contribution < 1.29 is 62.0 Å². The van der Waals surface area contributed by atoms with Gasteiger partial charge in [-0.3, -0.25) is 9.59 Å². The van der Waals surface area contributed by atoms with Crippen LogP contribution in [0.3, 0.4) is 0 Å². The molecule has 0 radical (unpaired) electrons. The molecule has 0 rings (SSSR count). The van der Waals surface area contributed by atoms with Gasteiger partial charge in [0.2, 0.25) is 0 Å². The van der Waals surface area contributed by atoms with E-state index >= 15 is 0 Å². The van der Waals surface area contributed by atoms with E-state index in [1.165, 1.54) is 0 Å². The molecule has 0 spiro atoms. The summed E-state index contributed by atoms with van der Waals surface area (Å²) in [5.74, 6) is -2.66. The first-order valence-corrected chi connectivity index (χ1v) is 8.02. The molecule has 9 heteroatoms. The molecule has 0 aliphatic heterocycles. The number of ether oxygens (including phenoxy) is 1. The van der Waals surface area contributed by atoms with Crippen molar-refractivity contribution >= 4 is 22.1 Å². The predicted molar refractivity (Wildman–Crippen MR) is 70.0 cm³/mol. The van der Waals surface area contributed by atoms with Crippen molar-refractivity contribution in [3.05, 3.63) is 0 Å². The van der Waals surface area contributed by atoms with Crippen LogP contribution in [0.1, 0.15) is 46.0 Å². The van der Waals surface area contributed by atoms with Crippen molar-refractivity contribution in [2.24, 2.45) is 5.92 Å². The monoisotopic (exact) mass is 332 g/mol. The molecular weight excluding hydrogens is 311 g/mol. The first-order valence-electron chi connectivity index (χ1n) is 6.55. The van der Waals surface area contributed by atoms with Gasteiger partial charge in [0.15, 0.2) is 5.25 Å². The third kappa shape index (κ3) is 10.2. The zero-order valence-corrected chi connectivity index (χ0v) is 15.5. The molecule has 2 atom stereocenters. The fraction of sp³-hybridized carbons (Fsp3) is 0.833. The van der Waals surface area contributed by atoms with Gasteiger partial charge < -0.3 is 14.4 Å². The van der Waals surface area contributed by atoms with Gasteiger partial charge in [-0.05, 0) is 12.3 Å². The maximum absolute atomic E-state index is 11.4. The second-order valence-corrected chi connectivity index (χ2v) is 6.18. The van der Waals surface area contributed by atoms with E-state index in [9.17, 15) is 22.6 Å². The number of hydrogen-bond donors (Lipinski definition) is 1. The molecular formula is C12H21NaO7S. The molecule has 0 aliphatic carbocycles. The largest absolute Gasteiger partial charge is 1.00 e. The van der Waals surface area contributed by atoms with E-state index in [-0.39, 0.29) is 42.1 Å². The van der Waals surface area contributed by atoms with Crippen LogP contribution in [0.25, 0.3) is 0 Å². The van der Waals surface area contributed by atoms with Crippen molar-refractivity contribution in [1.82, 2.24) is 0 Å². The smallest absolute Gasteiger partial charge is 0.747 e. The molecule has 7 nitrogen and oxygen atoms in total. The van der Waals surface area contributed by atoms with Crippen LogP contribution in [-0.2, 0) is 24.4 Å². The summed E-state index contributed by atoms with van der Waals surface area (Å²) < 4.78 is 37.0. The Morgan fingerprint density at radius 3 is 2.24 bits per heavy atom. The number of carbonyl (C=O) groups is 2. The molecule has 0 aromatic rings. The average Bonchev–Trinajstić information content (AvgIpc) is 2.34. The molecule has 118 valence electrons. The fourth-order valence-electron chi connectivity index (χ4n) is 1.63. The maximum atomic E-state index is 11.4. The molecule has 21 heavy (non-hydrogen) atoms. The minimum absolute atomic E-state index is 0. The molecule has 0 aromatic heterocycles. The molecule has 0 aliphatic rings. The molecule has 0 heterocycles. The van der Waals surface area contributed by atoms with E-state index in [2.05, 4.69) is 0 Å². The number of aliphatic carboxylic acids is 1. The van der Waals surface area contributed by atoms with Gasteiger partial charge in [-0.1, -0.05) is 33.1 Å². The van der Waals surface area contributed by atoms with Crippen LogP contribution in [0.15, 0.2) is 0 Å². The van der Waals surface area contributed by atoms with Crippen LogP contribution in [0.5, 0.6) is 0 Å². The van der Waals surface area contributed by atoms with E-state index < -0.39 is 33.7 Å². The number of rotatable bonds is 10. The molecule has 0 saturated carbocycles. The Morgan fingerprint density at radius 1 is 1.29 bits per heavy atom. The van der Waals surface area contributed by atoms with Crippen LogP contribution < -0.4 is 29.6 Å². The summed E-state index contributed by atoms with van der Waals surface area (Å²) in [5, 5.41) is 6.32. The quantitative estimate of drug-likeness (QED) is 0.283. The van der Waals surface area contributed by atoms with Crippen molar-refractivity contribution in [3.8, 4) is 0 Å². The van der Waals surface area contributed by atoms with Gasteiger partial charge in [0.05, 0.1) is 13.0 Å². The first-order chi connectivity index (χ1) is 9.22. The molecule has 1 N–H and O–H groups in total. The zero-order chi connectivity index (χ0) is 15.8. The Bertz CT molecular complexity index is 421. The zero-order valence-electron chi connectivity index (χ0n) is 12.7. The van der Waals surface area contributed by atoms with Crippen molar-refractivity contribution in [2.75, 3.05) is 6.61 Å². The second-order valence-electron chi connectivity index (χ2n) is 4.62. The molecule has 0 saturated heterocycles. The summed E-state index contributed by atoms with van der Waals surface area (Å²) in [6.45, 7) is 4.09. The summed E-state index contributed by atoms with van der Waals surface area (Å²) in [4.78, 5) is 22.0. The Balaban J connectivity index is 0. The van der Waals surface area contributed by atoms with Crippen LogP contribution in [-0.4, -0.2) is 41.9 Å². The summed E-state index contributed by atoms with van der Waals surface area (Å²) in [6.07, 6.45) is 2.73. The van der Waals surface area contributed by atoms with Gasteiger partial charge in [-0.15, -0.1) is 0 Å². The molecule has 0 bridgehead atoms. The van der Waals surface area contributed by atoms with Crippen LogP contribution in [0.2, 0.25) is 0 Å². The van der Waals surface area contributed by atoms with E-state index in [0.717, 1.165) is 25.7 Å². The number of carboxylic acid groups (broad SMARTS) is 1. The van der Waals surface area contributed by atoms with Gasteiger partial charge in [0.25, 0.3) is 0 Å². The molecule has 0 aromatic carbocycles. The minimum atomic E-state index is -5.07. The van der Waals surface area contributed by atoms with Crippen LogP contribution in [0, 0.1) is 5.92 Å². The molecule has 1 unspecified atom stereocenters. The third-order valence-corrected chi connectivity index (χ3v) is 4.06. The fourth-order valence-corrected chi connectivity index (χ4v) is 2.22. The standard InChI is InChI=1S/C12H22O7S.Na/c1-3-5-6-9(4-2)8-19-11(13)7-10(12(14)15)20(16,17)18;/h9-10H,3-8H2,1-2H3,(H,14,15)(H,16,17,18);/q;+1/p-1/t9-,10?;/m1./s1. The number of carbonyl (C=O) groups excluding carboxylic acids is 1. The van der Waals surface area contributed by atoms with Gasteiger partial charge in [0.1, 0.15) is 10.1 Å². The minimum Gasteiger partial charge on any atom is -0.747 e. The van der Waals surface area contributed by atoms with Crippen LogP contribution in [0.4, 0.5) is 0 Å². The normalized spacial score (nSPS) is 13.9. The van der Waals surface area contributed by atoms with Gasteiger partial charge >= 0.3 is 41.5 Å². The molecule has 0 fully saturated rings. The Labute approximate surface area is 147 Å². The second kappa shape index (κ2) is 11.4. The van der Waals surface area contributed by atoms with Gasteiger partial charge in [-0.25, -0.2) is 8.42 Å².